The van der Waals surface area contributed by atoms with Crippen LogP contribution in [0.15, 0.2) is 53.7 Å². The van der Waals surface area contributed by atoms with E-state index >= 15 is 0 Å². The predicted molar refractivity (Wildman–Crippen MR) is 139 cm³/mol. The van der Waals surface area contributed by atoms with Gasteiger partial charge in [0.05, 0.1) is 24.5 Å². The number of rotatable bonds is 6. The van der Waals surface area contributed by atoms with Gasteiger partial charge in [0, 0.05) is 45.0 Å². The number of hydrogen-bond acceptors (Lipinski definition) is 4. The van der Waals surface area contributed by atoms with Crippen molar-refractivity contribution in [1.82, 2.24) is 15.2 Å². The predicted octanol–water partition coefficient (Wildman–Crippen LogP) is 4.49. The van der Waals surface area contributed by atoms with Gasteiger partial charge in [0.2, 0.25) is 0 Å². The average Bonchev–Trinajstić information content (AvgIpc) is 2.85. The van der Waals surface area contributed by atoms with Crippen LogP contribution in [0.2, 0.25) is 0 Å². The van der Waals surface area contributed by atoms with Crippen molar-refractivity contribution in [3.05, 3.63) is 54.2 Å². The van der Waals surface area contributed by atoms with Gasteiger partial charge in [0.1, 0.15) is 0 Å². The fourth-order valence-corrected chi connectivity index (χ4v) is 4.30. The Bertz CT molecular complexity index is 835. The third-order valence-corrected chi connectivity index (χ3v) is 6.08. The Labute approximate surface area is 208 Å². The molecule has 2 aliphatic heterocycles. The number of pyridine rings is 1. The molecule has 1 atom stereocenters. The van der Waals surface area contributed by atoms with Gasteiger partial charge in [-0.25, -0.2) is 0 Å². The summed E-state index contributed by atoms with van der Waals surface area (Å²) in [6, 6.07) is 14.5. The molecule has 1 aromatic heterocycles. The molecule has 174 valence electrons. The lowest BCUT2D eigenvalue weighted by Crippen LogP contribution is -2.47. The van der Waals surface area contributed by atoms with Gasteiger partial charge in [-0.15, -0.1) is 24.0 Å². The van der Waals surface area contributed by atoms with Gasteiger partial charge in [0.15, 0.2) is 5.96 Å². The van der Waals surface area contributed by atoms with Gasteiger partial charge < -0.3 is 19.7 Å². The normalized spacial score (nSPS) is 20.0. The summed E-state index contributed by atoms with van der Waals surface area (Å²) in [4.78, 5) is 11.3. The maximum Gasteiger partial charge on any atom is 0.193 e. The van der Waals surface area contributed by atoms with E-state index in [4.69, 9.17) is 9.47 Å². The smallest absolute Gasteiger partial charge is 0.193 e. The van der Waals surface area contributed by atoms with Gasteiger partial charge in [-0.1, -0.05) is 24.3 Å². The Kier molecular flexibility index (Phi) is 10.2. The van der Waals surface area contributed by atoms with E-state index < -0.39 is 0 Å². The monoisotopic (exact) mass is 550 g/mol. The zero-order valence-corrected chi connectivity index (χ0v) is 21.2. The Balaban J connectivity index is 0.00000289. The van der Waals surface area contributed by atoms with Crippen LogP contribution in [0.3, 0.4) is 0 Å². The highest BCUT2D eigenvalue weighted by molar-refractivity contribution is 14.0. The van der Waals surface area contributed by atoms with Crippen LogP contribution in [-0.2, 0) is 16.0 Å². The Hall–Kier alpha value is -1.71. The van der Waals surface area contributed by atoms with Gasteiger partial charge in [-0.05, 0) is 55.9 Å². The van der Waals surface area contributed by atoms with Gasteiger partial charge in [-0.3, -0.25) is 9.98 Å². The lowest BCUT2D eigenvalue weighted by atomic mass is 10.1. The minimum absolute atomic E-state index is 0. The standard InChI is InChI=1S/C25H34N4O2.HI/c1-26-25(28-18-20-7-6-8-21(17-20)24-10-2-4-13-27-24)29-14-11-22(12-15-29)31-19-23-9-3-5-16-30-23;/h2,4,6-8,10,13,17,22-23H,3,5,9,11-12,14-16,18-19H2,1H3,(H,26,28);1H. The second-order valence-corrected chi connectivity index (χ2v) is 8.32. The molecule has 1 N–H and O–H groups in total. The van der Waals surface area contributed by atoms with Crippen molar-refractivity contribution in [3.8, 4) is 11.3 Å². The molecule has 1 unspecified atom stereocenters. The highest BCUT2D eigenvalue weighted by atomic mass is 127. The van der Waals surface area contributed by atoms with E-state index in [2.05, 4.69) is 44.5 Å². The maximum absolute atomic E-state index is 6.15. The molecule has 4 rings (SSSR count). The Morgan fingerprint density at radius 1 is 1.16 bits per heavy atom. The van der Waals surface area contributed by atoms with Crippen LogP contribution >= 0.6 is 24.0 Å². The number of aliphatic imine (C=N–C) groups is 1. The second-order valence-electron chi connectivity index (χ2n) is 8.32. The van der Waals surface area contributed by atoms with Crippen molar-refractivity contribution in [2.75, 3.05) is 33.4 Å². The molecule has 2 aromatic rings. The summed E-state index contributed by atoms with van der Waals surface area (Å²) in [6.45, 7) is 4.29. The Morgan fingerprint density at radius 3 is 2.75 bits per heavy atom. The molecule has 6 nitrogen and oxygen atoms in total. The number of hydrogen-bond donors (Lipinski definition) is 1. The first kappa shape index (κ1) is 24.9. The summed E-state index contributed by atoms with van der Waals surface area (Å²) in [5.41, 5.74) is 3.35. The van der Waals surface area contributed by atoms with E-state index in [1.807, 2.05) is 31.4 Å². The zero-order valence-electron chi connectivity index (χ0n) is 18.9. The van der Waals surface area contributed by atoms with Gasteiger partial charge >= 0.3 is 0 Å². The van der Waals surface area contributed by atoms with Crippen molar-refractivity contribution in [3.63, 3.8) is 0 Å². The summed E-state index contributed by atoms with van der Waals surface area (Å²) < 4.78 is 11.9. The molecule has 0 saturated carbocycles. The maximum atomic E-state index is 6.15. The number of halogens is 1. The summed E-state index contributed by atoms with van der Waals surface area (Å²) in [6.07, 6.45) is 8.10. The molecular formula is C25H35IN4O2. The minimum atomic E-state index is 0. The molecule has 3 heterocycles. The molecule has 7 heteroatoms. The van der Waals surface area contributed by atoms with Crippen LogP contribution < -0.4 is 5.32 Å². The highest BCUT2D eigenvalue weighted by Crippen LogP contribution is 2.19. The number of aromatic nitrogens is 1. The van der Waals surface area contributed by atoms with Crippen LogP contribution in [0, 0.1) is 0 Å². The van der Waals surface area contributed by atoms with Gasteiger partial charge in [-0.2, -0.15) is 0 Å². The molecule has 2 saturated heterocycles. The highest BCUT2D eigenvalue weighted by Gasteiger charge is 2.23. The zero-order chi connectivity index (χ0) is 21.3. The molecule has 0 radical (unpaired) electrons. The molecule has 2 aliphatic rings. The molecule has 1 aromatic carbocycles. The minimum Gasteiger partial charge on any atom is -0.376 e. The van der Waals surface area contributed by atoms with Crippen molar-refractivity contribution in [2.24, 2.45) is 4.99 Å². The summed E-state index contributed by atoms with van der Waals surface area (Å²) in [7, 11) is 1.86. The van der Waals surface area contributed by atoms with Crippen LogP contribution in [0.25, 0.3) is 11.3 Å². The first-order chi connectivity index (χ1) is 15.3. The van der Waals surface area contributed by atoms with Crippen LogP contribution in [0.5, 0.6) is 0 Å². The number of nitrogens with one attached hydrogen (secondary N) is 1. The van der Waals surface area contributed by atoms with E-state index in [0.717, 1.165) is 69.3 Å². The number of guanidine groups is 1. The van der Waals surface area contributed by atoms with E-state index in [1.54, 1.807) is 0 Å². The van der Waals surface area contributed by atoms with Crippen molar-refractivity contribution < 1.29 is 9.47 Å². The molecule has 0 bridgehead atoms. The first-order valence-electron chi connectivity index (χ1n) is 11.5. The molecule has 32 heavy (non-hydrogen) atoms. The van der Waals surface area contributed by atoms with Crippen LogP contribution in [0.4, 0.5) is 0 Å². The number of nitrogens with zero attached hydrogens (tertiary/aromatic N) is 3. The lowest BCUT2D eigenvalue weighted by Gasteiger charge is -2.35. The molecule has 0 aliphatic carbocycles. The van der Waals surface area contributed by atoms with E-state index in [9.17, 15) is 0 Å². The lowest BCUT2D eigenvalue weighted by molar-refractivity contribution is -0.0721. The summed E-state index contributed by atoms with van der Waals surface area (Å²) >= 11 is 0. The largest absolute Gasteiger partial charge is 0.376 e. The average molecular weight is 550 g/mol. The number of piperidine rings is 1. The number of benzene rings is 1. The molecule has 2 fully saturated rings. The first-order valence-corrected chi connectivity index (χ1v) is 11.5. The molecule has 0 spiro atoms. The SMILES string of the molecule is CN=C(NCc1cccc(-c2ccccn2)c1)N1CCC(OCC2CCCCO2)CC1.I. The summed E-state index contributed by atoms with van der Waals surface area (Å²) in [5.74, 6) is 0.956. The van der Waals surface area contributed by atoms with E-state index in [0.29, 0.717) is 12.2 Å². The fraction of sp³-hybridized carbons (Fsp3) is 0.520. The van der Waals surface area contributed by atoms with Crippen LogP contribution in [0.1, 0.15) is 37.7 Å². The van der Waals surface area contributed by atoms with E-state index in [1.165, 1.54) is 18.4 Å². The van der Waals surface area contributed by atoms with Crippen molar-refractivity contribution in [2.45, 2.75) is 50.9 Å². The molecular weight excluding hydrogens is 515 g/mol. The fourth-order valence-electron chi connectivity index (χ4n) is 4.30. The second kappa shape index (κ2) is 13.1. The van der Waals surface area contributed by atoms with Crippen molar-refractivity contribution in [1.29, 1.82) is 0 Å². The van der Waals surface area contributed by atoms with Gasteiger partial charge in [0.25, 0.3) is 0 Å². The molecule has 0 amide bonds. The van der Waals surface area contributed by atoms with Crippen molar-refractivity contribution >= 4 is 29.9 Å². The quantitative estimate of drug-likeness (QED) is 0.327. The topological polar surface area (TPSA) is 59.0 Å². The van der Waals surface area contributed by atoms with Crippen LogP contribution in [-0.4, -0.2) is 61.4 Å². The van der Waals surface area contributed by atoms with E-state index in [-0.39, 0.29) is 24.0 Å². The third kappa shape index (κ3) is 7.15. The number of likely N-dealkylation sites (tertiary alicyclic amines) is 1. The Morgan fingerprint density at radius 2 is 2.03 bits per heavy atom. The number of ether oxygens (including phenoxy) is 2. The summed E-state index contributed by atoms with van der Waals surface area (Å²) in [5, 5.41) is 3.53. The third-order valence-electron chi connectivity index (χ3n) is 6.08.